The molecule has 0 aliphatic rings. The Kier molecular flexibility index (Phi) is 3.33. The Bertz CT molecular complexity index is 763. The van der Waals surface area contributed by atoms with Gasteiger partial charge in [-0.1, -0.05) is 23.5 Å². The zero-order valence-corrected chi connectivity index (χ0v) is 12.3. The molecule has 0 unspecified atom stereocenters. The minimum absolute atomic E-state index is 0.390. The summed E-state index contributed by atoms with van der Waals surface area (Å²) in [7, 11) is 0. The molecule has 1 aromatic carbocycles. The highest BCUT2D eigenvalue weighted by Gasteiger charge is 2.11. The van der Waals surface area contributed by atoms with Gasteiger partial charge in [0.2, 0.25) is 0 Å². The maximum atomic E-state index is 11.2. The summed E-state index contributed by atoms with van der Waals surface area (Å²) in [6.45, 7) is 2.04. The van der Waals surface area contributed by atoms with Crippen molar-refractivity contribution in [3.05, 3.63) is 46.3 Å². The number of aryl methyl sites for hydroxylation is 1. The molecule has 3 rings (SSSR count). The topological polar surface area (TPSA) is 68.9 Å². The van der Waals surface area contributed by atoms with Gasteiger partial charge in [-0.3, -0.25) is 4.79 Å². The van der Waals surface area contributed by atoms with Crippen LogP contribution in [0, 0.1) is 6.92 Å². The summed E-state index contributed by atoms with van der Waals surface area (Å²) < 4.78 is 0. The number of aromatic nitrogens is 2. The lowest BCUT2D eigenvalue weighted by molar-refractivity contribution is 0.100. The molecular weight excluding hydrogens is 290 g/mol. The van der Waals surface area contributed by atoms with E-state index in [0.29, 0.717) is 4.88 Å². The van der Waals surface area contributed by atoms with Crippen molar-refractivity contribution < 1.29 is 4.79 Å². The second kappa shape index (κ2) is 5.15. The number of amides is 1. The van der Waals surface area contributed by atoms with Gasteiger partial charge in [-0.25, -0.2) is 0 Å². The molecule has 0 aliphatic heterocycles. The summed E-state index contributed by atoms with van der Waals surface area (Å²) in [6.07, 6.45) is 0. The Balaban J connectivity index is 2.08. The van der Waals surface area contributed by atoms with E-state index < -0.39 is 0 Å². The lowest BCUT2D eigenvalue weighted by atomic mass is 10.0. The van der Waals surface area contributed by atoms with Crippen molar-refractivity contribution in [3.8, 4) is 21.0 Å². The van der Waals surface area contributed by atoms with Crippen LogP contribution in [0.4, 0.5) is 0 Å². The van der Waals surface area contributed by atoms with E-state index in [1.54, 1.807) is 11.6 Å². The molecule has 0 saturated carbocycles. The first-order valence-electron chi connectivity index (χ1n) is 5.92. The van der Waals surface area contributed by atoms with Gasteiger partial charge in [-0.05, 0) is 36.2 Å². The fourth-order valence-electron chi connectivity index (χ4n) is 1.93. The minimum Gasteiger partial charge on any atom is -0.365 e. The highest BCUT2D eigenvalue weighted by molar-refractivity contribution is 7.17. The van der Waals surface area contributed by atoms with Crippen molar-refractivity contribution in [2.45, 2.75) is 6.92 Å². The number of carbonyl (C=O) groups is 1. The number of primary amides is 1. The van der Waals surface area contributed by atoms with E-state index >= 15 is 0 Å². The van der Waals surface area contributed by atoms with Crippen molar-refractivity contribution >= 4 is 28.6 Å². The zero-order chi connectivity index (χ0) is 14.1. The summed E-state index contributed by atoms with van der Waals surface area (Å²) in [6, 6.07) is 9.85. The second-order valence-corrected chi connectivity index (χ2v) is 6.22. The molecule has 0 bridgehead atoms. The number of hydrogen-bond acceptors (Lipinski definition) is 5. The molecule has 0 fully saturated rings. The van der Waals surface area contributed by atoms with Crippen LogP contribution in [0.25, 0.3) is 21.0 Å². The van der Waals surface area contributed by atoms with E-state index in [2.05, 4.69) is 22.3 Å². The zero-order valence-electron chi connectivity index (χ0n) is 10.7. The van der Waals surface area contributed by atoms with Gasteiger partial charge in [0.25, 0.3) is 5.91 Å². The van der Waals surface area contributed by atoms with Gasteiger partial charge < -0.3 is 5.73 Å². The van der Waals surface area contributed by atoms with Crippen LogP contribution in [0.1, 0.15) is 15.2 Å². The summed E-state index contributed by atoms with van der Waals surface area (Å²) >= 11 is 2.91. The lowest BCUT2D eigenvalue weighted by Crippen LogP contribution is -2.07. The molecule has 0 radical (unpaired) electrons. The largest absolute Gasteiger partial charge is 0.365 e. The monoisotopic (exact) mass is 301 g/mol. The standard InChI is InChI=1S/C14H11N3OS2/c1-8-2-3-9(14-17-16-7-19-14)6-10(8)11-4-5-12(20-11)13(15)18/h2-7H,1H3,(H2,15,18). The van der Waals surface area contributed by atoms with E-state index in [1.165, 1.54) is 22.7 Å². The molecular formula is C14H11N3OS2. The van der Waals surface area contributed by atoms with Gasteiger partial charge in [0.05, 0.1) is 4.88 Å². The van der Waals surface area contributed by atoms with Gasteiger partial charge in [0, 0.05) is 10.4 Å². The molecule has 3 aromatic rings. The number of carbonyl (C=O) groups excluding carboxylic acids is 1. The summed E-state index contributed by atoms with van der Waals surface area (Å²) in [5, 5.41) is 8.83. The Hall–Kier alpha value is -2.05. The number of rotatable bonds is 3. The molecule has 20 heavy (non-hydrogen) atoms. The first-order valence-corrected chi connectivity index (χ1v) is 7.62. The highest BCUT2D eigenvalue weighted by atomic mass is 32.1. The summed E-state index contributed by atoms with van der Waals surface area (Å²) in [5.41, 5.74) is 10.3. The molecule has 0 aliphatic carbocycles. The van der Waals surface area contributed by atoms with Crippen molar-refractivity contribution in [1.29, 1.82) is 0 Å². The smallest absolute Gasteiger partial charge is 0.258 e. The molecule has 4 nitrogen and oxygen atoms in total. The number of benzene rings is 1. The average Bonchev–Trinajstić information content (AvgIpc) is 3.10. The maximum absolute atomic E-state index is 11.2. The third-order valence-electron chi connectivity index (χ3n) is 2.96. The van der Waals surface area contributed by atoms with Crippen molar-refractivity contribution in [2.75, 3.05) is 0 Å². The van der Waals surface area contributed by atoms with E-state index in [9.17, 15) is 4.79 Å². The summed E-state index contributed by atoms with van der Waals surface area (Å²) in [4.78, 5) is 12.8. The van der Waals surface area contributed by atoms with Crippen molar-refractivity contribution in [1.82, 2.24) is 10.2 Å². The highest BCUT2D eigenvalue weighted by Crippen LogP contribution is 2.33. The van der Waals surface area contributed by atoms with Crippen molar-refractivity contribution in [3.63, 3.8) is 0 Å². The third kappa shape index (κ3) is 2.35. The van der Waals surface area contributed by atoms with Gasteiger partial charge >= 0.3 is 0 Å². The Morgan fingerprint density at radius 1 is 1.25 bits per heavy atom. The van der Waals surface area contributed by atoms with Crippen LogP contribution < -0.4 is 5.73 Å². The lowest BCUT2D eigenvalue weighted by Gasteiger charge is -2.05. The Morgan fingerprint density at radius 2 is 2.10 bits per heavy atom. The van der Waals surface area contributed by atoms with Crippen molar-refractivity contribution in [2.24, 2.45) is 5.73 Å². The summed E-state index contributed by atoms with van der Waals surface area (Å²) in [5.74, 6) is -0.390. The molecule has 0 saturated heterocycles. The molecule has 100 valence electrons. The molecule has 1 amide bonds. The SMILES string of the molecule is Cc1ccc(-c2nncs2)cc1-c1ccc(C(N)=O)s1. The van der Waals surface area contributed by atoms with Crippen LogP contribution in [0.2, 0.25) is 0 Å². The van der Waals surface area contributed by atoms with E-state index in [-0.39, 0.29) is 5.91 Å². The molecule has 2 N–H and O–H groups in total. The van der Waals surface area contributed by atoms with E-state index in [4.69, 9.17) is 5.73 Å². The first-order chi connectivity index (χ1) is 9.65. The first kappa shape index (κ1) is 13.0. The normalized spacial score (nSPS) is 10.7. The fourth-order valence-corrected chi connectivity index (χ4v) is 3.43. The number of thiophene rings is 1. The van der Waals surface area contributed by atoms with Gasteiger partial charge in [-0.2, -0.15) is 0 Å². The minimum atomic E-state index is -0.390. The van der Waals surface area contributed by atoms with Crippen LogP contribution in [0.3, 0.4) is 0 Å². The molecule has 6 heteroatoms. The van der Waals surface area contributed by atoms with E-state index in [1.807, 2.05) is 19.1 Å². The van der Waals surface area contributed by atoms with Crippen LogP contribution in [-0.2, 0) is 0 Å². The second-order valence-electron chi connectivity index (χ2n) is 4.30. The van der Waals surface area contributed by atoms with Crippen LogP contribution in [0.5, 0.6) is 0 Å². The third-order valence-corrected chi connectivity index (χ3v) is 4.83. The molecule has 0 atom stereocenters. The van der Waals surface area contributed by atoms with Crippen LogP contribution >= 0.6 is 22.7 Å². The predicted molar refractivity (Wildman–Crippen MR) is 81.9 cm³/mol. The molecule has 0 spiro atoms. The van der Waals surface area contributed by atoms with Crippen LogP contribution in [-0.4, -0.2) is 16.1 Å². The molecule has 2 heterocycles. The van der Waals surface area contributed by atoms with Crippen LogP contribution in [0.15, 0.2) is 35.8 Å². The fraction of sp³-hybridized carbons (Fsp3) is 0.0714. The quantitative estimate of drug-likeness (QED) is 0.806. The molecule has 2 aromatic heterocycles. The Morgan fingerprint density at radius 3 is 2.75 bits per heavy atom. The van der Waals surface area contributed by atoms with Gasteiger partial charge in [-0.15, -0.1) is 21.5 Å². The number of nitrogens with zero attached hydrogens (tertiary/aromatic N) is 2. The number of hydrogen-bond donors (Lipinski definition) is 1. The predicted octanol–water partition coefficient (Wildman–Crippen LogP) is 3.34. The van der Waals surface area contributed by atoms with E-state index in [0.717, 1.165) is 26.6 Å². The Labute approximate surface area is 123 Å². The average molecular weight is 301 g/mol. The maximum Gasteiger partial charge on any atom is 0.258 e. The van der Waals surface area contributed by atoms with Gasteiger partial charge in [0.1, 0.15) is 10.5 Å². The number of nitrogens with two attached hydrogens (primary N) is 1. The van der Waals surface area contributed by atoms with Gasteiger partial charge in [0.15, 0.2) is 0 Å².